The number of methoxy groups -OCH3 is 1. The van der Waals surface area contributed by atoms with Crippen molar-refractivity contribution < 1.29 is 23.1 Å². The molecule has 0 atom stereocenters. The van der Waals surface area contributed by atoms with Gasteiger partial charge in [-0.3, -0.25) is 4.79 Å². The fraction of sp³-hybridized carbons (Fsp3) is 0.111. The Kier molecular flexibility index (Phi) is 3.52. The number of carbonyl (C=O) groups excluding carboxylic acids is 2. The Hall–Kier alpha value is -1.30. The van der Waals surface area contributed by atoms with E-state index in [1.54, 1.807) is 0 Å². The van der Waals surface area contributed by atoms with Crippen LogP contribution in [0.15, 0.2) is 16.6 Å². The maximum Gasteiger partial charge on any atom is 0.379 e. The van der Waals surface area contributed by atoms with E-state index in [1.807, 2.05) is 0 Å². The Bertz CT molecular complexity index is 408. The molecule has 80 valence electrons. The van der Waals surface area contributed by atoms with E-state index in [2.05, 4.69) is 20.7 Å². The molecule has 0 radical (unpaired) electrons. The average molecular weight is 279 g/mol. The predicted octanol–water partition coefficient (Wildman–Crippen LogP) is 2.08. The summed E-state index contributed by atoms with van der Waals surface area (Å²) in [6.45, 7) is 0. The van der Waals surface area contributed by atoms with Crippen LogP contribution in [0.25, 0.3) is 0 Å². The van der Waals surface area contributed by atoms with E-state index >= 15 is 0 Å². The standard InChI is InChI=1S/C9H5BrF2O3/c1-15-9(14)8(13)4-2-5(11)7(10)6(12)3-4/h2-3H,1H3. The Balaban J connectivity index is 3.17. The second kappa shape index (κ2) is 4.48. The fourth-order valence-electron chi connectivity index (χ4n) is 0.897. The lowest BCUT2D eigenvalue weighted by atomic mass is 10.1. The van der Waals surface area contributed by atoms with Gasteiger partial charge in [-0.15, -0.1) is 0 Å². The second-order valence-electron chi connectivity index (χ2n) is 2.57. The number of Topliss-reactive ketones (excluding diaryl/α,β-unsaturated/α-hetero) is 1. The first-order valence-corrected chi connectivity index (χ1v) is 4.54. The van der Waals surface area contributed by atoms with Gasteiger partial charge in [0.2, 0.25) is 0 Å². The van der Waals surface area contributed by atoms with E-state index in [-0.39, 0.29) is 10.0 Å². The summed E-state index contributed by atoms with van der Waals surface area (Å²) in [5, 5.41) is 0. The summed E-state index contributed by atoms with van der Waals surface area (Å²) < 4.78 is 29.7. The van der Waals surface area contributed by atoms with E-state index in [9.17, 15) is 18.4 Å². The first-order chi connectivity index (χ1) is 6.97. The van der Waals surface area contributed by atoms with Gasteiger partial charge in [0.15, 0.2) is 0 Å². The highest BCUT2D eigenvalue weighted by molar-refractivity contribution is 9.10. The number of ketones is 1. The van der Waals surface area contributed by atoms with Gasteiger partial charge in [0, 0.05) is 5.56 Å². The number of esters is 1. The van der Waals surface area contributed by atoms with E-state index in [0.29, 0.717) is 0 Å². The van der Waals surface area contributed by atoms with E-state index in [0.717, 1.165) is 19.2 Å². The molecule has 1 rings (SSSR count). The molecule has 0 spiro atoms. The summed E-state index contributed by atoms with van der Waals surface area (Å²) in [4.78, 5) is 22.0. The molecular weight excluding hydrogens is 274 g/mol. The summed E-state index contributed by atoms with van der Waals surface area (Å²) in [5.74, 6) is -4.18. The molecule has 0 saturated carbocycles. The molecule has 0 aliphatic heterocycles. The Labute approximate surface area is 92.2 Å². The zero-order valence-electron chi connectivity index (χ0n) is 7.51. The van der Waals surface area contributed by atoms with Gasteiger partial charge in [-0.05, 0) is 28.1 Å². The summed E-state index contributed by atoms with van der Waals surface area (Å²) >= 11 is 2.64. The normalized spacial score (nSPS) is 9.87. The van der Waals surface area contributed by atoms with E-state index in [1.165, 1.54) is 0 Å². The van der Waals surface area contributed by atoms with Crippen molar-refractivity contribution in [3.63, 3.8) is 0 Å². The number of benzene rings is 1. The van der Waals surface area contributed by atoms with Crippen molar-refractivity contribution in [2.24, 2.45) is 0 Å². The molecule has 0 N–H and O–H groups in total. The number of hydrogen-bond acceptors (Lipinski definition) is 3. The van der Waals surface area contributed by atoms with Gasteiger partial charge < -0.3 is 4.74 Å². The summed E-state index contributed by atoms with van der Waals surface area (Å²) in [6, 6.07) is 1.51. The summed E-state index contributed by atoms with van der Waals surface area (Å²) in [5.41, 5.74) is -0.389. The highest BCUT2D eigenvalue weighted by Gasteiger charge is 2.20. The molecule has 15 heavy (non-hydrogen) atoms. The number of ether oxygens (including phenoxy) is 1. The van der Waals surface area contributed by atoms with Crippen molar-refractivity contribution >= 4 is 27.7 Å². The number of rotatable bonds is 2. The highest BCUT2D eigenvalue weighted by atomic mass is 79.9. The van der Waals surface area contributed by atoms with Gasteiger partial charge >= 0.3 is 5.97 Å². The largest absolute Gasteiger partial charge is 0.463 e. The maximum atomic E-state index is 13.0. The van der Waals surface area contributed by atoms with Crippen molar-refractivity contribution in [3.8, 4) is 0 Å². The van der Waals surface area contributed by atoms with Crippen molar-refractivity contribution in [3.05, 3.63) is 33.8 Å². The molecule has 0 aliphatic carbocycles. The minimum absolute atomic E-state index is 0.385. The molecule has 0 aliphatic rings. The lowest BCUT2D eigenvalue weighted by Gasteiger charge is -2.01. The van der Waals surface area contributed by atoms with Crippen LogP contribution in [0, 0.1) is 11.6 Å². The van der Waals surface area contributed by atoms with Crippen molar-refractivity contribution in [1.29, 1.82) is 0 Å². The number of halogens is 3. The van der Waals surface area contributed by atoms with Crippen molar-refractivity contribution in [1.82, 2.24) is 0 Å². The molecule has 1 aromatic carbocycles. The SMILES string of the molecule is COC(=O)C(=O)c1cc(F)c(Br)c(F)c1. The Morgan fingerprint density at radius 1 is 1.27 bits per heavy atom. The van der Waals surface area contributed by atoms with Crippen LogP contribution >= 0.6 is 15.9 Å². The minimum Gasteiger partial charge on any atom is -0.463 e. The quantitative estimate of drug-likeness (QED) is 0.360. The average Bonchev–Trinajstić information content (AvgIpc) is 2.23. The van der Waals surface area contributed by atoms with Crippen LogP contribution in [0.5, 0.6) is 0 Å². The van der Waals surface area contributed by atoms with Crippen molar-refractivity contribution in [2.75, 3.05) is 7.11 Å². The number of carbonyl (C=O) groups is 2. The van der Waals surface area contributed by atoms with E-state index in [4.69, 9.17) is 0 Å². The molecule has 0 unspecified atom stereocenters. The van der Waals surface area contributed by atoms with Crippen LogP contribution in [0.3, 0.4) is 0 Å². The molecular formula is C9H5BrF2O3. The smallest absolute Gasteiger partial charge is 0.379 e. The van der Waals surface area contributed by atoms with Gasteiger partial charge in [-0.1, -0.05) is 0 Å². The Morgan fingerprint density at radius 2 is 1.73 bits per heavy atom. The molecule has 1 aromatic rings. The van der Waals surface area contributed by atoms with Gasteiger partial charge in [0.25, 0.3) is 5.78 Å². The molecule has 3 nitrogen and oxygen atoms in total. The molecule has 0 heterocycles. The van der Waals surface area contributed by atoms with Crippen LogP contribution in [0.2, 0.25) is 0 Å². The molecule has 6 heteroatoms. The minimum atomic E-state index is -1.17. The monoisotopic (exact) mass is 278 g/mol. The topological polar surface area (TPSA) is 43.4 Å². The molecule has 0 saturated heterocycles. The van der Waals surface area contributed by atoms with E-state index < -0.39 is 23.4 Å². The third-order valence-electron chi connectivity index (χ3n) is 1.62. The lowest BCUT2D eigenvalue weighted by Crippen LogP contribution is -2.16. The third kappa shape index (κ3) is 2.38. The third-order valence-corrected chi connectivity index (χ3v) is 2.37. The zero-order valence-corrected chi connectivity index (χ0v) is 9.10. The number of hydrogen-bond donors (Lipinski definition) is 0. The lowest BCUT2D eigenvalue weighted by molar-refractivity contribution is -0.135. The first kappa shape index (κ1) is 11.8. The van der Waals surface area contributed by atoms with Crippen molar-refractivity contribution in [2.45, 2.75) is 0 Å². The molecule has 0 bridgehead atoms. The zero-order chi connectivity index (χ0) is 11.6. The first-order valence-electron chi connectivity index (χ1n) is 3.74. The highest BCUT2D eigenvalue weighted by Crippen LogP contribution is 2.21. The van der Waals surface area contributed by atoms with Crippen LogP contribution in [-0.4, -0.2) is 18.9 Å². The van der Waals surface area contributed by atoms with Gasteiger partial charge in [0.1, 0.15) is 11.6 Å². The van der Waals surface area contributed by atoms with Gasteiger partial charge in [-0.25, -0.2) is 13.6 Å². The van der Waals surface area contributed by atoms with Crippen LogP contribution in [-0.2, 0) is 9.53 Å². The van der Waals surface area contributed by atoms with Crippen LogP contribution in [0.4, 0.5) is 8.78 Å². The Morgan fingerprint density at radius 3 is 2.13 bits per heavy atom. The second-order valence-corrected chi connectivity index (χ2v) is 3.37. The fourth-order valence-corrected chi connectivity index (χ4v) is 1.13. The van der Waals surface area contributed by atoms with Crippen LogP contribution < -0.4 is 0 Å². The van der Waals surface area contributed by atoms with Gasteiger partial charge in [-0.2, -0.15) is 0 Å². The summed E-state index contributed by atoms with van der Waals surface area (Å²) in [7, 11) is 1.01. The molecule has 0 amide bonds. The molecule has 0 aromatic heterocycles. The van der Waals surface area contributed by atoms with Crippen LogP contribution in [0.1, 0.15) is 10.4 Å². The van der Waals surface area contributed by atoms with Gasteiger partial charge in [0.05, 0.1) is 11.6 Å². The predicted molar refractivity (Wildman–Crippen MR) is 50.4 cm³/mol. The summed E-state index contributed by atoms with van der Waals surface area (Å²) in [6.07, 6.45) is 0. The molecule has 0 fully saturated rings. The maximum absolute atomic E-state index is 13.0.